The summed E-state index contributed by atoms with van der Waals surface area (Å²) in [6.45, 7) is 1.62. The third kappa shape index (κ3) is 3.15. The van der Waals surface area contributed by atoms with Crippen LogP contribution >= 0.6 is 23.2 Å². The van der Waals surface area contributed by atoms with Crippen LogP contribution in [0.15, 0.2) is 47.4 Å². The predicted octanol–water partition coefficient (Wildman–Crippen LogP) is 3.30. The van der Waals surface area contributed by atoms with E-state index >= 15 is 0 Å². The van der Waals surface area contributed by atoms with Gasteiger partial charge in [0.2, 0.25) is 5.91 Å². The number of halogens is 2. The van der Waals surface area contributed by atoms with Gasteiger partial charge in [0, 0.05) is 12.3 Å². The van der Waals surface area contributed by atoms with Crippen molar-refractivity contribution in [1.82, 2.24) is 19.2 Å². The molecule has 1 aromatic carbocycles. The van der Waals surface area contributed by atoms with Gasteiger partial charge in [0.1, 0.15) is 12.2 Å². The number of fused-ring (bicyclic) bond motifs is 3. The first-order valence-electron chi connectivity index (χ1n) is 8.03. The topological polar surface area (TPSA) is 81.3 Å². The highest BCUT2D eigenvalue weighted by molar-refractivity contribution is 6.36. The molecule has 4 aromatic rings. The largest absolute Gasteiger partial charge is 0.308 e. The lowest BCUT2D eigenvalue weighted by molar-refractivity contribution is -0.116. The number of hydrogen-bond donors (Lipinski definition) is 1. The minimum absolute atomic E-state index is 0.181. The van der Waals surface area contributed by atoms with Gasteiger partial charge in [-0.25, -0.2) is 9.50 Å². The molecule has 136 valence electrons. The summed E-state index contributed by atoms with van der Waals surface area (Å²) in [5, 5.41) is 8.09. The van der Waals surface area contributed by atoms with E-state index in [0.717, 1.165) is 5.69 Å². The number of aromatic nitrogens is 4. The Morgan fingerprint density at radius 1 is 1.22 bits per heavy atom. The molecule has 0 fully saturated rings. The van der Waals surface area contributed by atoms with Gasteiger partial charge in [-0.2, -0.15) is 5.10 Å². The molecule has 0 spiro atoms. The summed E-state index contributed by atoms with van der Waals surface area (Å²) in [6.07, 6.45) is 1.38. The van der Waals surface area contributed by atoms with E-state index in [1.54, 1.807) is 22.7 Å². The molecule has 7 nitrogen and oxygen atoms in total. The maximum atomic E-state index is 12.9. The SMILES string of the molecule is Cc1cc2n(CC(=O)Nc3ncc(Cl)cc3Cl)c(=O)c3ccccc3n2n1. The summed E-state index contributed by atoms with van der Waals surface area (Å²) in [4.78, 5) is 29.5. The van der Waals surface area contributed by atoms with Crippen molar-refractivity contribution in [3.63, 3.8) is 0 Å². The lowest BCUT2D eigenvalue weighted by atomic mass is 10.2. The molecule has 9 heteroatoms. The number of aryl methyl sites for hydroxylation is 1. The molecule has 0 atom stereocenters. The smallest absolute Gasteiger partial charge is 0.262 e. The normalized spacial score (nSPS) is 11.2. The molecule has 0 aliphatic heterocycles. The van der Waals surface area contributed by atoms with Gasteiger partial charge >= 0.3 is 0 Å². The minimum Gasteiger partial charge on any atom is -0.308 e. The average Bonchev–Trinajstić information content (AvgIpc) is 3.03. The highest BCUT2D eigenvalue weighted by Gasteiger charge is 2.16. The van der Waals surface area contributed by atoms with Gasteiger partial charge in [0.15, 0.2) is 5.82 Å². The zero-order chi connectivity index (χ0) is 19.1. The van der Waals surface area contributed by atoms with Gasteiger partial charge in [-0.15, -0.1) is 0 Å². The van der Waals surface area contributed by atoms with Gasteiger partial charge in [0.05, 0.1) is 26.6 Å². The number of carbonyl (C=O) groups excluding carboxylic acids is 1. The quantitative estimate of drug-likeness (QED) is 0.570. The van der Waals surface area contributed by atoms with Crippen molar-refractivity contribution in [2.75, 3.05) is 5.32 Å². The number of benzene rings is 1. The number of anilines is 1. The molecular weight excluding hydrogens is 389 g/mol. The number of nitrogens with zero attached hydrogens (tertiary/aromatic N) is 4. The predicted molar refractivity (Wildman–Crippen MR) is 105 cm³/mol. The second-order valence-electron chi connectivity index (χ2n) is 6.00. The number of hydrogen-bond acceptors (Lipinski definition) is 4. The minimum atomic E-state index is -0.440. The third-order valence-corrected chi connectivity index (χ3v) is 4.56. The molecule has 0 aliphatic carbocycles. The number of amides is 1. The molecule has 0 unspecified atom stereocenters. The van der Waals surface area contributed by atoms with Crippen LogP contribution in [0, 0.1) is 6.92 Å². The Morgan fingerprint density at radius 2 is 2.00 bits per heavy atom. The lowest BCUT2D eigenvalue weighted by Gasteiger charge is -2.11. The Kier molecular flexibility index (Phi) is 4.33. The Hall–Kier alpha value is -2.90. The van der Waals surface area contributed by atoms with E-state index in [1.807, 2.05) is 19.1 Å². The van der Waals surface area contributed by atoms with Crippen molar-refractivity contribution in [3.05, 3.63) is 68.7 Å². The Balaban J connectivity index is 1.77. The number of rotatable bonds is 3. The molecule has 1 amide bonds. The maximum absolute atomic E-state index is 12.9. The van der Waals surface area contributed by atoms with Crippen molar-refractivity contribution in [2.24, 2.45) is 0 Å². The number of para-hydroxylation sites is 1. The van der Waals surface area contributed by atoms with Gasteiger partial charge < -0.3 is 5.32 Å². The van der Waals surface area contributed by atoms with Crippen molar-refractivity contribution >= 4 is 51.5 Å². The van der Waals surface area contributed by atoms with E-state index in [9.17, 15) is 9.59 Å². The Morgan fingerprint density at radius 3 is 2.78 bits per heavy atom. The molecule has 27 heavy (non-hydrogen) atoms. The van der Waals surface area contributed by atoms with Crippen LogP contribution in [-0.4, -0.2) is 25.1 Å². The van der Waals surface area contributed by atoms with Crippen LogP contribution in [0.4, 0.5) is 5.82 Å². The first-order chi connectivity index (χ1) is 12.9. The molecule has 4 rings (SSSR count). The number of pyridine rings is 1. The fourth-order valence-electron chi connectivity index (χ4n) is 2.92. The van der Waals surface area contributed by atoms with Crippen LogP contribution < -0.4 is 10.9 Å². The van der Waals surface area contributed by atoms with Crippen LogP contribution in [0.25, 0.3) is 16.6 Å². The van der Waals surface area contributed by atoms with Crippen molar-refractivity contribution in [3.8, 4) is 0 Å². The van der Waals surface area contributed by atoms with Gasteiger partial charge in [-0.05, 0) is 25.1 Å². The summed E-state index contributed by atoms with van der Waals surface area (Å²) < 4.78 is 3.04. The van der Waals surface area contributed by atoms with E-state index < -0.39 is 5.91 Å². The van der Waals surface area contributed by atoms with Gasteiger partial charge in [-0.3, -0.25) is 14.2 Å². The van der Waals surface area contributed by atoms with E-state index in [0.29, 0.717) is 21.6 Å². The van der Waals surface area contributed by atoms with Gasteiger partial charge in [0.25, 0.3) is 5.56 Å². The van der Waals surface area contributed by atoms with Gasteiger partial charge in [-0.1, -0.05) is 35.3 Å². The standard InChI is InChI=1S/C18H13Cl2N5O2/c1-10-6-16-24(9-15(26)22-17-13(20)7-11(19)8-21-17)18(27)12-4-2-3-5-14(12)25(16)23-10/h2-8H,9H2,1H3,(H,21,22,26). The molecule has 0 aliphatic rings. The first-order valence-corrected chi connectivity index (χ1v) is 8.78. The fraction of sp³-hybridized carbons (Fsp3) is 0.111. The second-order valence-corrected chi connectivity index (χ2v) is 6.84. The number of carbonyl (C=O) groups is 1. The highest BCUT2D eigenvalue weighted by Crippen LogP contribution is 2.22. The fourth-order valence-corrected chi connectivity index (χ4v) is 3.35. The molecule has 0 radical (unpaired) electrons. The van der Waals surface area contributed by atoms with Crippen molar-refractivity contribution in [1.29, 1.82) is 0 Å². The molecule has 0 saturated carbocycles. The molecule has 0 saturated heterocycles. The maximum Gasteiger partial charge on any atom is 0.262 e. The van der Waals surface area contributed by atoms with E-state index in [-0.39, 0.29) is 22.9 Å². The van der Waals surface area contributed by atoms with Crippen LogP contribution in [0.2, 0.25) is 10.0 Å². The van der Waals surface area contributed by atoms with Crippen LogP contribution in [0.3, 0.4) is 0 Å². The summed E-state index contributed by atoms with van der Waals surface area (Å²) in [6, 6.07) is 10.4. The van der Waals surface area contributed by atoms with Crippen LogP contribution in [0.5, 0.6) is 0 Å². The van der Waals surface area contributed by atoms with Crippen molar-refractivity contribution in [2.45, 2.75) is 13.5 Å². The molecule has 3 aromatic heterocycles. The second kappa shape index (κ2) is 6.68. The van der Waals surface area contributed by atoms with Crippen LogP contribution in [0.1, 0.15) is 5.69 Å². The Bertz CT molecular complexity index is 1260. The monoisotopic (exact) mass is 401 g/mol. The zero-order valence-electron chi connectivity index (χ0n) is 14.1. The summed E-state index contributed by atoms with van der Waals surface area (Å²) in [5.41, 5.74) is 1.68. The van der Waals surface area contributed by atoms with Crippen LogP contribution in [-0.2, 0) is 11.3 Å². The zero-order valence-corrected chi connectivity index (χ0v) is 15.6. The van der Waals surface area contributed by atoms with E-state index in [2.05, 4.69) is 15.4 Å². The van der Waals surface area contributed by atoms with Crippen molar-refractivity contribution < 1.29 is 4.79 Å². The molecular formula is C18H13Cl2N5O2. The molecule has 3 heterocycles. The molecule has 1 N–H and O–H groups in total. The van der Waals surface area contributed by atoms with E-state index in [1.165, 1.54) is 16.8 Å². The van der Waals surface area contributed by atoms with E-state index in [4.69, 9.17) is 23.2 Å². The Labute approximate surface area is 163 Å². The lowest BCUT2D eigenvalue weighted by Crippen LogP contribution is -2.29. The first kappa shape index (κ1) is 17.5. The summed E-state index contributed by atoms with van der Waals surface area (Å²) in [7, 11) is 0. The third-order valence-electron chi connectivity index (χ3n) is 4.06. The molecule has 0 bridgehead atoms. The summed E-state index contributed by atoms with van der Waals surface area (Å²) >= 11 is 11.9. The highest BCUT2D eigenvalue weighted by atomic mass is 35.5. The average molecular weight is 402 g/mol. The summed E-state index contributed by atoms with van der Waals surface area (Å²) in [5.74, 6) is -0.259. The number of nitrogens with one attached hydrogen (secondary N) is 1.